The Morgan fingerprint density at radius 3 is 3.06 bits per heavy atom. The molecule has 1 unspecified atom stereocenters. The van der Waals surface area contributed by atoms with E-state index in [-0.39, 0.29) is 6.04 Å². The predicted molar refractivity (Wildman–Crippen MR) is 62.3 cm³/mol. The first-order valence-corrected chi connectivity index (χ1v) is 5.53. The predicted octanol–water partition coefficient (Wildman–Crippen LogP) is 1.59. The lowest BCUT2D eigenvalue weighted by atomic mass is 10.0. The van der Waals surface area contributed by atoms with Gasteiger partial charge >= 0.3 is 0 Å². The second kappa shape index (κ2) is 5.09. The smallest absolute Gasteiger partial charge is 0.120 e. The van der Waals surface area contributed by atoms with Gasteiger partial charge in [0.2, 0.25) is 0 Å². The van der Waals surface area contributed by atoms with Crippen molar-refractivity contribution in [2.45, 2.75) is 25.8 Å². The lowest BCUT2D eigenvalue weighted by molar-refractivity contribution is 0.167. The zero-order valence-corrected chi connectivity index (χ0v) is 9.44. The summed E-state index contributed by atoms with van der Waals surface area (Å²) in [4.78, 5) is 4.36. The van der Waals surface area contributed by atoms with Crippen LogP contribution < -0.4 is 11.3 Å². The molecule has 0 aliphatic carbocycles. The molecule has 0 bridgehead atoms. The number of hydrogen-bond donors (Lipinski definition) is 2. The third kappa shape index (κ3) is 2.23. The zero-order chi connectivity index (χ0) is 11.4. The standard InChI is InChI=1S/C12H17N3O/c1-9-5-4-7-14-11(9)12(15-13)10-6-2-3-8-16-10/h4-7,12,15H,2-3,8,13H2,1H3. The van der Waals surface area contributed by atoms with Crippen LogP contribution in [0.15, 0.2) is 30.2 Å². The van der Waals surface area contributed by atoms with Gasteiger partial charge in [0.05, 0.1) is 12.3 Å². The third-order valence-corrected chi connectivity index (χ3v) is 2.74. The molecule has 0 amide bonds. The molecule has 0 fully saturated rings. The quantitative estimate of drug-likeness (QED) is 0.598. The molecule has 0 saturated heterocycles. The molecule has 1 aliphatic rings. The molecule has 0 spiro atoms. The van der Waals surface area contributed by atoms with E-state index in [2.05, 4.69) is 16.5 Å². The molecular formula is C12H17N3O. The molecule has 4 heteroatoms. The number of aromatic nitrogens is 1. The van der Waals surface area contributed by atoms with Crippen molar-refractivity contribution in [3.63, 3.8) is 0 Å². The molecule has 1 aromatic rings. The number of rotatable bonds is 3. The highest BCUT2D eigenvalue weighted by atomic mass is 16.5. The molecule has 0 aromatic carbocycles. The van der Waals surface area contributed by atoms with Crippen LogP contribution in [-0.2, 0) is 4.74 Å². The Balaban J connectivity index is 2.28. The van der Waals surface area contributed by atoms with Crippen molar-refractivity contribution < 1.29 is 4.74 Å². The molecule has 4 nitrogen and oxygen atoms in total. The van der Waals surface area contributed by atoms with Crippen LogP contribution in [0.25, 0.3) is 0 Å². The lowest BCUT2D eigenvalue weighted by Crippen LogP contribution is -2.32. The van der Waals surface area contributed by atoms with Gasteiger partial charge in [-0.15, -0.1) is 0 Å². The molecular weight excluding hydrogens is 202 g/mol. The van der Waals surface area contributed by atoms with E-state index in [4.69, 9.17) is 10.6 Å². The van der Waals surface area contributed by atoms with Gasteiger partial charge in [0.1, 0.15) is 11.8 Å². The maximum absolute atomic E-state index is 5.62. The van der Waals surface area contributed by atoms with Gasteiger partial charge in [0.15, 0.2) is 0 Å². The monoisotopic (exact) mass is 219 g/mol. The Hall–Kier alpha value is -1.39. The number of hydrazine groups is 1. The Labute approximate surface area is 95.5 Å². The van der Waals surface area contributed by atoms with E-state index in [1.165, 1.54) is 0 Å². The summed E-state index contributed by atoms with van der Waals surface area (Å²) in [7, 11) is 0. The van der Waals surface area contributed by atoms with Crippen LogP contribution in [0.1, 0.15) is 30.1 Å². The van der Waals surface area contributed by atoms with Gasteiger partial charge in [0.25, 0.3) is 0 Å². The first kappa shape index (κ1) is 11.1. The van der Waals surface area contributed by atoms with E-state index >= 15 is 0 Å². The molecule has 2 rings (SSSR count). The average molecular weight is 219 g/mol. The van der Waals surface area contributed by atoms with Crippen molar-refractivity contribution in [1.82, 2.24) is 10.4 Å². The summed E-state index contributed by atoms with van der Waals surface area (Å²) in [6.07, 6.45) is 5.97. The molecule has 86 valence electrons. The third-order valence-electron chi connectivity index (χ3n) is 2.74. The van der Waals surface area contributed by atoms with Crippen LogP contribution in [0.2, 0.25) is 0 Å². The fraction of sp³-hybridized carbons (Fsp3) is 0.417. The number of allylic oxidation sites excluding steroid dienone is 1. The summed E-state index contributed by atoms with van der Waals surface area (Å²) in [5.41, 5.74) is 4.81. The van der Waals surface area contributed by atoms with Crippen LogP contribution in [-0.4, -0.2) is 11.6 Å². The molecule has 1 aromatic heterocycles. The van der Waals surface area contributed by atoms with Crippen molar-refractivity contribution in [3.8, 4) is 0 Å². The molecule has 0 saturated carbocycles. The highest BCUT2D eigenvalue weighted by molar-refractivity contribution is 5.27. The summed E-state index contributed by atoms with van der Waals surface area (Å²) in [6, 6.07) is 3.81. The van der Waals surface area contributed by atoms with Gasteiger partial charge in [-0.2, -0.15) is 0 Å². The summed E-state index contributed by atoms with van der Waals surface area (Å²) in [6.45, 7) is 2.78. The van der Waals surface area contributed by atoms with E-state index in [0.717, 1.165) is 36.5 Å². The van der Waals surface area contributed by atoms with Gasteiger partial charge in [-0.3, -0.25) is 10.8 Å². The first-order chi connectivity index (χ1) is 7.83. The van der Waals surface area contributed by atoms with E-state index in [0.29, 0.717) is 0 Å². The minimum Gasteiger partial charge on any atom is -0.496 e. The van der Waals surface area contributed by atoms with Gasteiger partial charge in [-0.1, -0.05) is 6.07 Å². The fourth-order valence-electron chi connectivity index (χ4n) is 1.87. The summed E-state index contributed by atoms with van der Waals surface area (Å²) in [5.74, 6) is 6.48. The molecule has 0 radical (unpaired) electrons. The minimum atomic E-state index is -0.138. The Bertz CT molecular complexity index is 390. The van der Waals surface area contributed by atoms with Crippen molar-refractivity contribution in [1.29, 1.82) is 0 Å². The van der Waals surface area contributed by atoms with E-state index in [1.807, 2.05) is 19.1 Å². The van der Waals surface area contributed by atoms with E-state index < -0.39 is 0 Å². The maximum atomic E-state index is 5.62. The van der Waals surface area contributed by atoms with E-state index in [9.17, 15) is 0 Å². The number of nitrogens with one attached hydrogen (secondary N) is 1. The zero-order valence-electron chi connectivity index (χ0n) is 9.44. The maximum Gasteiger partial charge on any atom is 0.120 e. The lowest BCUT2D eigenvalue weighted by Gasteiger charge is -2.23. The van der Waals surface area contributed by atoms with Crippen molar-refractivity contribution in [3.05, 3.63) is 41.4 Å². The summed E-state index contributed by atoms with van der Waals surface area (Å²) < 4.78 is 5.62. The number of ether oxygens (including phenoxy) is 1. The number of nitrogens with two attached hydrogens (primary N) is 1. The van der Waals surface area contributed by atoms with Crippen molar-refractivity contribution in [2.24, 2.45) is 5.84 Å². The number of hydrogen-bond acceptors (Lipinski definition) is 4. The minimum absolute atomic E-state index is 0.138. The van der Waals surface area contributed by atoms with Crippen LogP contribution in [0.3, 0.4) is 0 Å². The Morgan fingerprint density at radius 1 is 1.56 bits per heavy atom. The van der Waals surface area contributed by atoms with E-state index in [1.54, 1.807) is 6.20 Å². The highest BCUT2D eigenvalue weighted by Crippen LogP contribution is 2.25. The highest BCUT2D eigenvalue weighted by Gasteiger charge is 2.21. The Kier molecular flexibility index (Phi) is 3.54. The normalized spacial score (nSPS) is 17.5. The molecule has 1 atom stereocenters. The van der Waals surface area contributed by atoms with Gasteiger partial charge < -0.3 is 4.74 Å². The van der Waals surface area contributed by atoms with Gasteiger partial charge in [-0.05, 0) is 37.5 Å². The molecule has 2 heterocycles. The van der Waals surface area contributed by atoms with Crippen LogP contribution in [0, 0.1) is 6.92 Å². The number of pyridine rings is 1. The van der Waals surface area contributed by atoms with Crippen molar-refractivity contribution in [2.75, 3.05) is 6.61 Å². The van der Waals surface area contributed by atoms with Gasteiger partial charge in [-0.25, -0.2) is 5.43 Å². The van der Waals surface area contributed by atoms with Crippen LogP contribution >= 0.6 is 0 Å². The number of nitrogens with zero attached hydrogens (tertiary/aromatic N) is 1. The first-order valence-electron chi connectivity index (χ1n) is 5.53. The average Bonchev–Trinajstić information content (AvgIpc) is 2.34. The van der Waals surface area contributed by atoms with Crippen LogP contribution in [0.5, 0.6) is 0 Å². The summed E-state index contributed by atoms with van der Waals surface area (Å²) in [5, 5.41) is 0. The SMILES string of the molecule is Cc1cccnc1C(NN)C1=CCCCO1. The van der Waals surface area contributed by atoms with Gasteiger partial charge in [0, 0.05) is 6.20 Å². The number of aryl methyl sites for hydroxylation is 1. The largest absolute Gasteiger partial charge is 0.496 e. The molecule has 1 aliphatic heterocycles. The molecule has 16 heavy (non-hydrogen) atoms. The molecule has 3 N–H and O–H groups in total. The second-order valence-corrected chi connectivity index (χ2v) is 3.90. The van der Waals surface area contributed by atoms with Crippen LogP contribution in [0.4, 0.5) is 0 Å². The fourth-order valence-corrected chi connectivity index (χ4v) is 1.87. The topological polar surface area (TPSA) is 60.2 Å². The van der Waals surface area contributed by atoms with Crippen molar-refractivity contribution >= 4 is 0 Å². The summed E-state index contributed by atoms with van der Waals surface area (Å²) >= 11 is 0. The Morgan fingerprint density at radius 2 is 2.44 bits per heavy atom. The second-order valence-electron chi connectivity index (χ2n) is 3.90.